The highest BCUT2D eigenvalue weighted by atomic mass is 35.5. The van der Waals surface area contributed by atoms with Gasteiger partial charge in [-0.2, -0.15) is 21.6 Å². The standard InChI is InChI=1S/C17H16ClF3O4S/c1-11-4-7-13(8-5-11)26(22,23)25-16(2,17(19,20)21)12-6-9-15(24-3)14(18)10-12/h4-10H,1-3H3. The van der Waals surface area contributed by atoms with Crippen molar-refractivity contribution in [3.05, 3.63) is 58.6 Å². The van der Waals surface area contributed by atoms with Gasteiger partial charge in [-0.1, -0.05) is 35.4 Å². The van der Waals surface area contributed by atoms with E-state index < -0.39 is 27.5 Å². The average molecular weight is 409 g/mol. The summed E-state index contributed by atoms with van der Waals surface area (Å²) in [5, 5.41) is -0.100. The van der Waals surface area contributed by atoms with Gasteiger partial charge in [0.15, 0.2) is 0 Å². The Morgan fingerprint density at radius 1 is 1.04 bits per heavy atom. The highest BCUT2D eigenvalue weighted by molar-refractivity contribution is 7.86. The molecule has 0 aliphatic heterocycles. The van der Waals surface area contributed by atoms with Gasteiger partial charge in [-0.25, -0.2) is 4.18 Å². The van der Waals surface area contributed by atoms with Gasteiger partial charge in [0.25, 0.3) is 10.1 Å². The van der Waals surface area contributed by atoms with E-state index in [9.17, 15) is 21.6 Å². The molecule has 1 atom stereocenters. The van der Waals surface area contributed by atoms with Crippen LogP contribution in [0, 0.1) is 6.92 Å². The number of rotatable bonds is 5. The Bertz CT molecular complexity index is 895. The van der Waals surface area contributed by atoms with Crippen LogP contribution in [0.15, 0.2) is 47.4 Å². The molecule has 0 bridgehead atoms. The molecule has 0 fully saturated rings. The van der Waals surface area contributed by atoms with Crippen LogP contribution >= 0.6 is 11.6 Å². The molecule has 0 saturated carbocycles. The third kappa shape index (κ3) is 3.97. The lowest BCUT2D eigenvalue weighted by Crippen LogP contribution is -2.43. The summed E-state index contributed by atoms with van der Waals surface area (Å²) in [6.07, 6.45) is -5.03. The van der Waals surface area contributed by atoms with Crippen molar-refractivity contribution in [3.8, 4) is 5.75 Å². The number of hydrogen-bond acceptors (Lipinski definition) is 4. The first kappa shape index (κ1) is 20.5. The summed E-state index contributed by atoms with van der Waals surface area (Å²) in [5.41, 5.74) is -2.84. The van der Waals surface area contributed by atoms with Crippen molar-refractivity contribution in [2.75, 3.05) is 7.11 Å². The highest BCUT2D eigenvalue weighted by Crippen LogP contribution is 2.45. The summed E-state index contributed by atoms with van der Waals surface area (Å²) in [6.45, 7) is 2.35. The first-order valence-electron chi connectivity index (χ1n) is 7.34. The SMILES string of the molecule is COc1ccc(C(C)(OS(=O)(=O)c2ccc(C)cc2)C(F)(F)F)cc1Cl. The van der Waals surface area contributed by atoms with Gasteiger partial charge in [0.1, 0.15) is 5.75 Å². The van der Waals surface area contributed by atoms with Gasteiger partial charge in [0, 0.05) is 0 Å². The van der Waals surface area contributed by atoms with Gasteiger partial charge < -0.3 is 4.74 Å². The molecular formula is C17H16ClF3O4S. The van der Waals surface area contributed by atoms with Gasteiger partial charge >= 0.3 is 6.18 Å². The van der Waals surface area contributed by atoms with E-state index in [2.05, 4.69) is 4.18 Å². The fourth-order valence-corrected chi connectivity index (χ4v) is 3.65. The molecule has 0 heterocycles. The van der Waals surface area contributed by atoms with Crippen LogP contribution in [0.5, 0.6) is 5.75 Å². The third-order valence-electron chi connectivity index (χ3n) is 3.83. The molecule has 1 unspecified atom stereocenters. The molecule has 9 heteroatoms. The average Bonchev–Trinajstić information content (AvgIpc) is 2.53. The monoisotopic (exact) mass is 408 g/mol. The Kier molecular flexibility index (Phi) is 5.60. The topological polar surface area (TPSA) is 52.6 Å². The number of halogens is 4. The van der Waals surface area contributed by atoms with Crippen LogP contribution in [-0.2, 0) is 19.9 Å². The summed E-state index contributed by atoms with van der Waals surface area (Å²) in [5.74, 6) is 0.154. The van der Waals surface area contributed by atoms with E-state index in [4.69, 9.17) is 16.3 Å². The zero-order chi connectivity index (χ0) is 19.8. The van der Waals surface area contributed by atoms with Gasteiger partial charge in [0.2, 0.25) is 5.60 Å². The number of methoxy groups -OCH3 is 1. The second-order valence-electron chi connectivity index (χ2n) is 5.73. The molecule has 4 nitrogen and oxygen atoms in total. The minimum Gasteiger partial charge on any atom is -0.495 e. The number of hydrogen-bond donors (Lipinski definition) is 0. The molecule has 0 aromatic heterocycles. The van der Waals surface area contributed by atoms with E-state index in [-0.39, 0.29) is 15.7 Å². The van der Waals surface area contributed by atoms with Crippen LogP contribution in [0.2, 0.25) is 5.02 Å². The van der Waals surface area contributed by atoms with Crippen molar-refractivity contribution in [1.82, 2.24) is 0 Å². The first-order valence-corrected chi connectivity index (χ1v) is 9.12. The molecule has 0 saturated heterocycles. The molecule has 2 rings (SSSR count). The summed E-state index contributed by atoms with van der Waals surface area (Å²) < 4.78 is 75.7. The van der Waals surface area contributed by atoms with E-state index in [1.54, 1.807) is 6.92 Å². The second-order valence-corrected chi connectivity index (χ2v) is 7.68. The smallest absolute Gasteiger partial charge is 0.422 e. The van der Waals surface area contributed by atoms with Crippen molar-refractivity contribution in [2.24, 2.45) is 0 Å². The number of ether oxygens (including phenoxy) is 1. The van der Waals surface area contributed by atoms with Crippen LogP contribution < -0.4 is 4.74 Å². The Labute approximate surface area is 154 Å². The quantitative estimate of drug-likeness (QED) is 0.664. The molecule has 0 aliphatic carbocycles. The summed E-state index contributed by atoms with van der Waals surface area (Å²) in [6, 6.07) is 8.53. The molecule has 0 spiro atoms. The Hall–Kier alpha value is -1.77. The zero-order valence-corrected chi connectivity index (χ0v) is 15.7. The van der Waals surface area contributed by atoms with Gasteiger partial charge in [0.05, 0.1) is 17.0 Å². The largest absolute Gasteiger partial charge is 0.495 e. The second kappa shape index (κ2) is 7.09. The maximum absolute atomic E-state index is 13.8. The van der Waals surface area contributed by atoms with Crippen molar-refractivity contribution < 1.29 is 30.5 Å². The van der Waals surface area contributed by atoms with E-state index in [0.717, 1.165) is 17.7 Å². The highest BCUT2D eigenvalue weighted by Gasteiger charge is 2.56. The molecule has 0 aliphatic rings. The van der Waals surface area contributed by atoms with Crippen LogP contribution in [0.1, 0.15) is 18.1 Å². The molecule has 0 N–H and O–H groups in total. The maximum Gasteiger partial charge on any atom is 0.422 e. The van der Waals surface area contributed by atoms with E-state index >= 15 is 0 Å². The van der Waals surface area contributed by atoms with Crippen LogP contribution in [-0.4, -0.2) is 21.7 Å². The van der Waals surface area contributed by atoms with Gasteiger partial charge in [-0.3, -0.25) is 0 Å². The third-order valence-corrected chi connectivity index (χ3v) is 5.53. The minimum atomic E-state index is -5.03. The van der Waals surface area contributed by atoms with E-state index in [0.29, 0.717) is 6.92 Å². The van der Waals surface area contributed by atoms with Crippen molar-refractivity contribution >= 4 is 21.7 Å². The van der Waals surface area contributed by atoms with Crippen LogP contribution in [0.3, 0.4) is 0 Å². The number of alkyl halides is 3. The predicted molar refractivity (Wildman–Crippen MR) is 90.9 cm³/mol. The number of benzene rings is 2. The lowest BCUT2D eigenvalue weighted by molar-refractivity contribution is -0.246. The fraction of sp³-hybridized carbons (Fsp3) is 0.294. The Balaban J connectivity index is 2.54. The summed E-state index contributed by atoms with van der Waals surface area (Å²) in [4.78, 5) is -0.377. The minimum absolute atomic E-state index is 0.100. The number of aryl methyl sites for hydroxylation is 1. The molecule has 0 amide bonds. The molecule has 0 radical (unpaired) electrons. The van der Waals surface area contributed by atoms with Crippen LogP contribution in [0.25, 0.3) is 0 Å². The Morgan fingerprint density at radius 2 is 1.62 bits per heavy atom. The van der Waals surface area contributed by atoms with E-state index in [1.165, 1.54) is 37.4 Å². The zero-order valence-electron chi connectivity index (χ0n) is 14.1. The lowest BCUT2D eigenvalue weighted by Gasteiger charge is -2.32. The normalized spacial score (nSPS) is 14.7. The lowest BCUT2D eigenvalue weighted by atomic mass is 9.95. The van der Waals surface area contributed by atoms with Crippen molar-refractivity contribution in [1.29, 1.82) is 0 Å². The van der Waals surface area contributed by atoms with E-state index in [1.807, 2.05) is 0 Å². The van der Waals surface area contributed by atoms with Crippen molar-refractivity contribution in [3.63, 3.8) is 0 Å². The maximum atomic E-state index is 13.8. The van der Waals surface area contributed by atoms with Crippen LogP contribution in [0.4, 0.5) is 13.2 Å². The summed E-state index contributed by atoms with van der Waals surface area (Å²) in [7, 11) is -3.38. The van der Waals surface area contributed by atoms with Crippen molar-refractivity contribution in [2.45, 2.75) is 30.5 Å². The molecule has 26 heavy (non-hydrogen) atoms. The Morgan fingerprint density at radius 3 is 2.08 bits per heavy atom. The molecule has 142 valence electrons. The predicted octanol–water partition coefficient (Wildman–Crippen LogP) is 4.84. The molecule has 2 aromatic rings. The van der Waals surface area contributed by atoms with Gasteiger partial charge in [-0.15, -0.1) is 0 Å². The molecule has 2 aromatic carbocycles. The first-order chi connectivity index (χ1) is 11.9. The van der Waals surface area contributed by atoms with Gasteiger partial charge in [-0.05, 0) is 43.7 Å². The fourth-order valence-electron chi connectivity index (χ4n) is 2.19. The summed E-state index contributed by atoms with van der Waals surface area (Å²) >= 11 is 5.89. The molecular weight excluding hydrogens is 393 g/mol.